The van der Waals surface area contributed by atoms with Gasteiger partial charge in [-0.2, -0.15) is 0 Å². The van der Waals surface area contributed by atoms with Crippen LogP contribution in [-0.2, 0) is 0 Å². The van der Waals surface area contributed by atoms with Crippen molar-refractivity contribution in [3.05, 3.63) is 23.8 Å². The van der Waals surface area contributed by atoms with Crippen LogP contribution in [0.1, 0.15) is 5.56 Å². The standard InChI is InChI=1S/C13H24Ge2/c1-11-8-12(14(2,3)4)10-13(9-11)15(5,6)7/h8-10H,1-7H3. The minimum absolute atomic E-state index is 1.46. The molecule has 0 fully saturated rings. The van der Waals surface area contributed by atoms with Crippen molar-refractivity contribution < 1.29 is 0 Å². The summed E-state index contributed by atoms with van der Waals surface area (Å²) < 4.78 is 3.34. The molecule has 0 atom stereocenters. The van der Waals surface area contributed by atoms with E-state index in [2.05, 4.69) is 59.7 Å². The normalized spacial score (nSPS) is 13.0. The Hall–Kier alpha value is 0.306. The van der Waals surface area contributed by atoms with Crippen LogP contribution in [0.5, 0.6) is 0 Å². The zero-order chi connectivity index (χ0) is 11.9. The van der Waals surface area contributed by atoms with Gasteiger partial charge in [-0.25, -0.2) is 0 Å². The average molecular weight is 326 g/mol. The van der Waals surface area contributed by atoms with Gasteiger partial charge in [-0.15, -0.1) is 0 Å². The van der Waals surface area contributed by atoms with Gasteiger partial charge in [-0.3, -0.25) is 0 Å². The van der Waals surface area contributed by atoms with E-state index < -0.39 is 26.5 Å². The predicted molar refractivity (Wildman–Crippen MR) is 77.1 cm³/mol. The second-order valence-corrected chi connectivity index (χ2v) is 27.9. The molecular formula is C13H24Ge2. The molecule has 1 aromatic rings. The van der Waals surface area contributed by atoms with Gasteiger partial charge in [0.2, 0.25) is 0 Å². The molecule has 0 radical (unpaired) electrons. The summed E-state index contributed by atoms with van der Waals surface area (Å²) >= 11 is -3.28. The number of hydrogen-bond donors (Lipinski definition) is 0. The maximum atomic E-state index is 2.52. The molecule has 0 bridgehead atoms. The molecule has 1 aromatic carbocycles. The van der Waals surface area contributed by atoms with E-state index in [1.807, 2.05) is 0 Å². The van der Waals surface area contributed by atoms with Crippen LogP contribution in [0, 0.1) is 6.92 Å². The van der Waals surface area contributed by atoms with Crippen molar-refractivity contribution in [3.63, 3.8) is 0 Å². The Morgan fingerprint density at radius 1 is 0.667 bits per heavy atom. The van der Waals surface area contributed by atoms with Crippen molar-refractivity contribution in [1.82, 2.24) is 0 Å². The molecule has 0 aliphatic heterocycles. The molecule has 0 nitrogen and oxygen atoms in total. The van der Waals surface area contributed by atoms with Crippen molar-refractivity contribution in [2.45, 2.75) is 41.5 Å². The molecular weight excluding hydrogens is 301 g/mol. The molecule has 0 saturated heterocycles. The van der Waals surface area contributed by atoms with Gasteiger partial charge >= 0.3 is 101 Å². The molecule has 0 aliphatic carbocycles. The number of hydrogen-bond acceptors (Lipinski definition) is 0. The van der Waals surface area contributed by atoms with E-state index >= 15 is 0 Å². The summed E-state index contributed by atoms with van der Waals surface area (Å²) in [4.78, 5) is 0. The fraction of sp³-hybridized carbons (Fsp3) is 0.538. The molecule has 15 heavy (non-hydrogen) atoms. The van der Waals surface area contributed by atoms with Crippen molar-refractivity contribution >= 4 is 35.3 Å². The van der Waals surface area contributed by atoms with Crippen LogP contribution in [0.2, 0.25) is 34.5 Å². The number of aryl methyl sites for hydroxylation is 1. The summed E-state index contributed by atoms with van der Waals surface area (Å²) in [7, 11) is 0. The quantitative estimate of drug-likeness (QED) is 0.733. The Morgan fingerprint density at radius 3 is 1.27 bits per heavy atom. The van der Waals surface area contributed by atoms with Crippen LogP contribution in [-0.4, -0.2) is 26.5 Å². The summed E-state index contributed by atoms with van der Waals surface area (Å²) in [5, 5.41) is 0. The van der Waals surface area contributed by atoms with E-state index in [9.17, 15) is 0 Å². The Bertz CT molecular complexity index is 322. The molecule has 0 saturated carbocycles. The van der Waals surface area contributed by atoms with Crippen LogP contribution < -0.4 is 8.79 Å². The average Bonchev–Trinajstić information content (AvgIpc) is 1.99. The van der Waals surface area contributed by atoms with Crippen LogP contribution >= 0.6 is 0 Å². The molecule has 0 N–H and O–H groups in total. The van der Waals surface area contributed by atoms with Gasteiger partial charge in [-0.05, 0) is 0 Å². The fourth-order valence-corrected chi connectivity index (χ4v) is 7.53. The van der Waals surface area contributed by atoms with Gasteiger partial charge in [-0.1, -0.05) is 0 Å². The van der Waals surface area contributed by atoms with Gasteiger partial charge in [0.15, 0.2) is 0 Å². The van der Waals surface area contributed by atoms with Crippen LogP contribution in [0.3, 0.4) is 0 Å². The molecule has 0 aromatic heterocycles. The van der Waals surface area contributed by atoms with Gasteiger partial charge in [0.1, 0.15) is 0 Å². The molecule has 1 rings (SSSR count). The van der Waals surface area contributed by atoms with E-state index in [0.717, 1.165) is 0 Å². The predicted octanol–water partition coefficient (Wildman–Crippen LogP) is 3.09. The fourth-order valence-electron chi connectivity index (χ4n) is 1.65. The van der Waals surface area contributed by atoms with Crippen LogP contribution in [0.15, 0.2) is 18.2 Å². The molecule has 0 amide bonds. The van der Waals surface area contributed by atoms with Gasteiger partial charge in [0, 0.05) is 0 Å². The van der Waals surface area contributed by atoms with Crippen molar-refractivity contribution in [3.8, 4) is 0 Å². The second kappa shape index (κ2) is 4.29. The molecule has 0 spiro atoms. The Balaban J connectivity index is 3.30. The van der Waals surface area contributed by atoms with Gasteiger partial charge in [0.25, 0.3) is 0 Å². The first kappa shape index (κ1) is 13.4. The van der Waals surface area contributed by atoms with Crippen molar-refractivity contribution in [1.29, 1.82) is 0 Å². The van der Waals surface area contributed by atoms with Crippen LogP contribution in [0.4, 0.5) is 0 Å². The third kappa shape index (κ3) is 3.67. The molecule has 0 heterocycles. The van der Waals surface area contributed by atoms with E-state index in [1.165, 1.54) is 5.56 Å². The van der Waals surface area contributed by atoms with Crippen molar-refractivity contribution in [2.75, 3.05) is 0 Å². The van der Waals surface area contributed by atoms with E-state index in [1.54, 1.807) is 8.79 Å². The summed E-state index contributed by atoms with van der Waals surface area (Å²) in [6.45, 7) is 2.24. The zero-order valence-corrected chi connectivity index (χ0v) is 15.4. The third-order valence-corrected chi connectivity index (χ3v) is 11.3. The third-order valence-electron chi connectivity index (χ3n) is 2.81. The van der Waals surface area contributed by atoms with E-state index in [0.29, 0.717) is 0 Å². The Kier molecular flexibility index (Phi) is 3.82. The van der Waals surface area contributed by atoms with Crippen LogP contribution in [0.25, 0.3) is 0 Å². The topological polar surface area (TPSA) is 0 Å². The summed E-state index contributed by atoms with van der Waals surface area (Å²) in [6.07, 6.45) is 0. The minimum atomic E-state index is -1.64. The van der Waals surface area contributed by atoms with Crippen molar-refractivity contribution in [2.24, 2.45) is 0 Å². The summed E-state index contributed by atoms with van der Waals surface area (Å²) in [5.41, 5.74) is 1.46. The maximum absolute atomic E-state index is 2.52. The summed E-state index contributed by atoms with van der Waals surface area (Å²) in [6, 6.07) is 7.35. The summed E-state index contributed by atoms with van der Waals surface area (Å²) in [5.74, 6) is 14.9. The van der Waals surface area contributed by atoms with E-state index in [4.69, 9.17) is 0 Å². The molecule has 0 aliphatic rings. The monoisotopic (exact) mass is 328 g/mol. The SMILES string of the molecule is Cc1c[c]([Ge]([CH3])([CH3])[CH3])c[c]([Ge]([CH3])([CH3])[CH3])c1. The number of benzene rings is 1. The first-order valence-corrected chi connectivity index (χ1v) is 20.4. The van der Waals surface area contributed by atoms with E-state index in [-0.39, 0.29) is 0 Å². The molecule has 84 valence electrons. The second-order valence-electron chi connectivity index (χ2n) is 6.59. The molecule has 2 heteroatoms. The Morgan fingerprint density at radius 2 is 1.00 bits per heavy atom. The van der Waals surface area contributed by atoms with Gasteiger partial charge in [0.05, 0.1) is 0 Å². The van der Waals surface area contributed by atoms with Gasteiger partial charge < -0.3 is 0 Å². The molecule has 0 unspecified atom stereocenters. The number of rotatable bonds is 2. The first-order valence-electron chi connectivity index (χ1n) is 5.73. The Labute approximate surface area is 100 Å². The zero-order valence-electron chi connectivity index (χ0n) is 11.2. The first-order chi connectivity index (χ1) is 6.60.